The average molecular weight is 228 g/mol. The van der Waals surface area contributed by atoms with Crippen LogP contribution in [0.3, 0.4) is 0 Å². The summed E-state index contributed by atoms with van der Waals surface area (Å²) in [7, 11) is 1.98. The van der Waals surface area contributed by atoms with Crippen molar-refractivity contribution in [2.75, 3.05) is 13.6 Å². The minimum atomic E-state index is 0.980. The number of hydrogen-bond donors (Lipinski definition) is 1. The molecule has 0 radical (unpaired) electrons. The zero-order chi connectivity index (χ0) is 12.3. The standard InChI is InChI=1S/C15H20N2/c1-4-12-6-5-7-13-10-11(2)14(8-9-16-3)17-15(12)13/h5-7,10,16H,4,8-9H2,1-3H3. The van der Waals surface area contributed by atoms with Gasteiger partial charge in [0.1, 0.15) is 0 Å². The first-order valence-corrected chi connectivity index (χ1v) is 6.29. The number of fused-ring (bicyclic) bond motifs is 1. The molecule has 1 heterocycles. The van der Waals surface area contributed by atoms with E-state index in [1.165, 1.54) is 27.7 Å². The van der Waals surface area contributed by atoms with Gasteiger partial charge in [-0.1, -0.05) is 25.1 Å². The van der Waals surface area contributed by atoms with Crippen molar-refractivity contribution in [3.05, 3.63) is 41.1 Å². The van der Waals surface area contributed by atoms with Crippen LogP contribution in [0.1, 0.15) is 23.7 Å². The number of rotatable bonds is 4. The molecule has 0 unspecified atom stereocenters. The Bertz CT molecular complexity index is 518. The lowest BCUT2D eigenvalue weighted by atomic mass is 10.0. The smallest absolute Gasteiger partial charge is 0.0737 e. The van der Waals surface area contributed by atoms with Crippen LogP contribution >= 0.6 is 0 Å². The lowest BCUT2D eigenvalue weighted by molar-refractivity contribution is 0.775. The Balaban J connectivity index is 2.52. The molecule has 1 aromatic carbocycles. The van der Waals surface area contributed by atoms with Crippen LogP contribution in [0.15, 0.2) is 24.3 Å². The second kappa shape index (κ2) is 5.28. The summed E-state index contributed by atoms with van der Waals surface area (Å²) in [5.41, 5.74) is 5.02. The van der Waals surface area contributed by atoms with E-state index in [0.29, 0.717) is 0 Å². The predicted octanol–water partition coefficient (Wildman–Crippen LogP) is 2.87. The predicted molar refractivity (Wildman–Crippen MR) is 73.5 cm³/mol. The number of nitrogens with zero attached hydrogens (tertiary/aromatic N) is 1. The zero-order valence-corrected chi connectivity index (χ0v) is 10.9. The number of likely N-dealkylation sites (N-methyl/N-ethyl adjacent to an activating group) is 1. The fourth-order valence-corrected chi connectivity index (χ4v) is 2.19. The summed E-state index contributed by atoms with van der Waals surface area (Å²) in [6.07, 6.45) is 2.04. The Morgan fingerprint density at radius 1 is 1.29 bits per heavy atom. The SMILES string of the molecule is CCc1cccc2cc(C)c(CCNC)nc12. The summed E-state index contributed by atoms with van der Waals surface area (Å²) in [5.74, 6) is 0. The van der Waals surface area contributed by atoms with Crippen LogP contribution in [0.4, 0.5) is 0 Å². The Kier molecular flexibility index (Phi) is 3.75. The average Bonchev–Trinajstić information content (AvgIpc) is 2.35. The highest BCUT2D eigenvalue weighted by Crippen LogP contribution is 2.20. The van der Waals surface area contributed by atoms with Crippen molar-refractivity contribution in [3.8, 4) is 0 Å². The van der Waals surface area contributed by atoms with Gasteiger partial charge >= 0.3 is 0 Å². The third-order valence-electron chi connectivity index (χ3n) is 3.22. The van der Waals surface area contributed by atoms with Gasteiger partial charge in [0.05, 0.1) is 5.52 Å². The molecule has 0 fully saturated rings. The number of aryl methyl sites for hydroxylation is 2. The van der Waals surface area contributed by atoms with Gasteiger partial charge < -0.3 is 5.32 Å². The molecular weight excluding hydrogens is 208 g/mol. The van der Waals surface area contributed by atoms with Crippen LogP contribution in [-0.4, -0.2) is 18.6 Å². The van der Waals surface area contributed by atoms with Gasteiger partial charge in [-0.2, -0.15) is 0 Å². The van der Waals surface area contributed by atoms with Crippen molar-refractivity contribution in [2.24, 2.45) is 0 Å². The third-order valence-corrected chi connectivity index (χ3v) is 3.22. The maximum absolute atomic E-state index is 4.84. The summed E-state index contributed by atoms with van der Waals surface area (Å²) in [4.78, 5) is 4.84. The number of pyridine rings is 1. The van der Waals surface area contributed by atoms with Gasteiger partial charge in [0.25, 0.3) is 0 Å². The fourth-order valence-electron chi connectivity index (χ4n) is 2.19. The highest BCUT2D eigenvalue weighted by atomic mass is 14.8. The van der Waals surface area contributed by atoms with Crippen LogP contribution in [0.25, 0.3) is 10.9 Å². The van der Waals surface area contributed by atoms with E-state index in [9.17, 15) is 0 Å². The Labute approximate surface area is 103 Å². The van der Waals surface area contributed by atoms with Gasteiger partial charge in [-0.3, -0.25) is 4.98 Å². The molecule has 1 aromatic heterocycles. The molecule has 1 N–H and O–H groups in total. The fraction of sp³-hybridized carbons (Fsp3) is 0.400. The summed E-state index contributed by atoms with van der Waals surface area (Å²) >= 11 is 0. The molecule has 0 aliphatic rings. The summed E-state index contributed by atoms with van der Waals surface area (Å²) in [6, 6.07) is 8.70. The molecule has 0 saturated heterocycles. The molecule has 2 aromatic rings. The molecule has 0 spiro atoms. The number of hydrogen-bond acceptors (Lipinski definition) is 2. The normalized spacial score (nSPS) is 11.0. The molecule has 0 atom stereocenters. The van der Waals surface area contributed by atoms with Gasteiger partial charge in [-0.25, -0.2) is 0 Å². The van der Waals surface area contributed by atoms with E-state index >= 15 is 0 Å². The van der Waals surface area contributed by atoms with Gasteiger partial charge in [0.2, 0.25) is 0 Å². The molecule has 90 valence electrons. The van der Waals surface area contributed by atoms with E-state index in [4.69, 9.17) is 4.98 Å². The van der Waals surface area contributed by atoms with Crippen molar-refractivity contribution in [2.45, 2.75) is 26.7 Å². The van der Waals surface area contributed by atoms with E-state index in [1.54, 1.807) is 0 Å². The molecule has 2 heteroatoms. The van der Waals surface area contributed by atoms with Crippen molar-refractivity contribution < 1.29 is 0 Å². The maximum Gasteiger partial charge on any atom is 0.0737 e. The zero-order valence-electron chi connectivity index (χ0n) is 10.9. The van der Waals surface area contributed by atoms with Crippen molar-refractivity contribution in [3.63, 3.8) is 0 Å². The highest BCUT2D eigenvalue weighted by molar-refractivity contribution is 5.82. The molecule has 0 saturated carbocycles. The number of aromatic nitrogens is 1. The summed E-state index contributed by atoms with van der Waals surface area (Å²) in [6.45, 7) is 5.31. The molecule has 2 rings (SSSR count). The molecule has 0 amide bonds. The molecule has 0 bridgehead atoms. The Morgan fingerprint density at radius 3 is 2.82 bits per heavy atom. The monoisotopic (exact) mass is 228 g/mol. The molecule has 17 heavy (non-hydrogen) atoms. The topological polar surface area (TPSA) is 24.9 Å². The number of para-hydroxylation sites is 1. The van der Waals surface area contributed by atoms with Crippen LogP contribution in [0.2, 0.25) is 0 Å². The molecule has 0 aliphatic carbocycles. The van der Waals surface area contributed by atoms with E-state index in [-0.39, 0.29) is 0 Å². The largest absolute Gasteiger partial charge is 0.319 e. The van der Waals surface area contributed by atoms with E-state index in [2.05, 4.69) is 43.4 Å². The van der Waals surface area contributed by atoms with Crippen LogP contribution in [0, 0.1) is 6.92 Å². The summed E-state index contributed by atoms with van der Waals surface area (Å²) in [5, 5.41) is 4.44. The van der Waals surface area contributed by atoms with Gasteiger partial charge in [-0.15, -0.1) is 0 Å². The van der Waals surface area contributed by atoms with Crippen molar-refractivity contribution >= 4 is 10.9 Å². The van der Waals surface area contributed by atoms with E-state index in [0.717, 1.165) is 19.4 Å². The first kappa shape index (κ1) is 12.1. The van der Waals surface area contributed by atoms with Crippen LogP contribution in [-0.2, 0) is 12.8 Å². The van der Waals surface area contributed by atoms with Gasteiger partial charge in [0, 0.05) is 24.0 Å². The van der Waals surface area contributed by atoms with Crippen LogP contribution < -0.4 is 5.32 Å². The Hall–Kier alpha value is -1.41. The van der Waals surface area contributed by atoms with Crippen LogP contribution in [0.5, 0.6) is 0 Å². The second-order valence-corrected chi connectivity index (χ2v) is 4.45. The number of benzene rings is 1. The second-order valence-electron chi connectivity index (χ2n) is 4.45. The first-order valence-electron chi connectivity index (χ1n) is 6.29. The Morgan fingerprint density at radius 2 is 2.12 bits per heavy atom. The van der Waals surface area contributed by atoms with Gasteiger partial charge in [-0.05, 0) is 37.6 Å². The van der Waals surface area contributed by atoms with Gasteiger partial charge in [0.15, 0.2) is 0 Å². The quantitative estimate of drug-likeness (QED) is 0.870. The molecule has 0 aliphatic heterocycles. The third kappa shape index (κ3) is 2.47. The minimum absolute atomic E-state index is 0.980. The highest BCUT2D eigenvalue weighted by Gasteiger charge is 2.05. The van der Waals surface area contributed by atoms with E-state index < -0.39 is 0 Å². The maximum atomic E-state index is 4.84. The molecule has 2 nitrogen and oxygen atoms in total. The first-order chi connectivity index (χ1) is 8.26. The minimum Gasteiger partial charge on any atom is -0.319 e. The van der Waals surface area contributed by atoms with Crippen molar-refractivity contribution in [1.82, 2.24) is 10.3 Å². The summed E-state index contributed by atoms with van der Waals surface area (Å²) < 4.78 is 0. The molecular formula is C15H20N2. The van der Waals surface area contributed by atoms with Crippen molar-refractivity contribution in [1.29, 1.82) is 0 Å². The lowest BCUT2D eigenvalue weighted by Gasteiger charge is -2.09. The number of nitrogens with one attached hydrogen (secondary N) is 1. The lowest BCUT2D eigenvalue weighted by Crippen LogP contribution is -2.12. The van der Waals surface area contributed by atoms with E-state index in [1.807, 2.05) is 7.05 Å².